The summed E-state index contributed by atoms with van der Waals surface area (Å²) in [5.41, 5.74) is 3.38. The summed E-state index contributed by atoms with van der Waals surface area (Å²) < 4.78 is 12.0. The Hall–Kier alpha value is -3.65. The number of thiophene rings is 1. The quantitative estimate of drug-likeness (QED) is 0.516. The van der Waals surface area contributed by atoms with Crippen LogP contribution in [-0.4, -0.2) is 15.6 Å². The van der Waals surface area contributed by atoms with Gasteiger partial charge in [-0.2, -0.15) is 0 Å². The Labute approximate surface area is 155 Å². The molecule has 4 heterocycles. The van der Waals surface area contributed by atoms with Crippen LogP contribution in [0.5, 0.6) is 0 Å². The molecule has 0 atom stereocenters. The molecule has 0 bridgehead atoms. The van der Waals surface area contributed by atoms with Gasteiger partial charge in [0.1, 0.15) is 22.5 Å². The average molecular weight is 377 g/mol. The minimum atomic E-state index is -0.538. The first-order valence-electron chi connectivity index (χ1n) is 8.03. The molecule has 0 spiro atoms. The second kappa shape index (κ2) is 5.96. The number of carbonyl (C=O) groups is 1. The highest BCUT2D eigenvalue weighted by molar-refractivity contribution is 7.17. The van der Waals surface area contributed by atoms with Gasteiger partial charge in [-0.15, -0.1) is 11.3 Å². The van der Waals surface area contributed by atoms with E-state index in [4.69, 9.17) is 8.83 Å². The highest BCUT2D eigenvalue weighted by atomic mass is 32.1. The number of aromatic nitrogens is 2. The van der Waals surface area contributed by atoms with E-state index in [0.717, 1.165) is 10.1 Å². The van der Waals surface area contributed by atoms with Crippen molar-refractivity contribution in [3.63, 3.8) is 0 Å². The molecule has 5 aromatic rings. The lowest BCUT2D eigenvalue weighted by molar-refractivity contribution is 0.0982. The van der Waals surface area contributed by atoms with Gasteiger partial charge in [-0.3, -0.25) is 15.0 Å². The van der Waals surface area contributed by atoms with Gasteiger partial charge in [0.25, 0.3) is 5.56 Å². The lowest BCUT2D eigenvalue weighted by Gasteiger charge is -2.06. The molecule has 0 fully saturated rings. The Morgan fingerprint density at radius 3 is 2.89 bits per heavy atom. The fraction of sp³-hybridized carbons (Fsp3) is 0. The number of furan rings is 2. The normalized spacial score (nSPS) is 11.3. The van der Waals surface area contributed by atoms with Gasteiger partial charge in [0.2, 0.25) is 0 Å². The summed E-state index contributed by atoms with van der Waals surface area (Å²) >= 11 is 1.34. The Kier molecular flexibility index (Phi) is 3.44. The molecule has 8 heteroatoms. The van der Waals surface area contributed by atoms with Gasteiger partial charge < -0.3 is 8.83 Å². The zero-order chi connectivity index (χ0) is 18.4. The van der Waals surface area contributed by atoms with Crippen molar-refractivity contribution in [3.05, 3.63) is 76.5 Å². The van der Waals surface area contributed by atoms with Gasteiger partial charge in [0.15, 0.2) is 5.76 Å². The van der Waals surface area contributed by atoms with E-state index in [1.54, 1.807) is 24.3 Å². The number of amides is 1. The molecule has 1 N–H and O–H groups in total. The van der Waals surface area contributed by atoms with Crippen molar-refractivity contribution in [2.45, 2.75) is 0 Å². The Bertz CT molecular complexity index is 1310. The van der Waals surface area contributed by atoms with Crippen LogP contribution in [0.2, 0.25) is 0 Å². The van der Waals surface area contributed by atoms with Crippen LogP contribution in [0.4, 0.5) is 0 Å². The summed E-state index contributed by atoms with van der Waals surface area (Å²) in [5, 5.41) is 3.01. The number of hydrogen-bond acceptors (Lipinski definition) is 6. The molecule has 0 aliphatic heterocycles. The van der Waals surface area contributed by atoms with E-state index in [1.165, 1.54) is 23.9 Å². The smallest absolute Gasteiger partial charge is 0.305 e. The van der Waals surface area contributed by atoms with Gasteiger partial charge in [-0.05, 0) is 24.3 Å². The highest BCUT2D eigenvalue weighted by Gasteiger charge is 2.17. The van der Waals surface area contributed by atoms with Crippen LogP contribution in [0.3, 0.4) is 0 Å². The summed E-state index contributed by atoms with van der Waals surface area (Å²) in [6.07, 6.45) is 2.82. The number of rotatable bonds is 3. The number of benzene rings is 1. The van der Waals surface area contributed by atoms with Crippen LogP contribution >= 0.6 is 11.3 Å². The first-order valence-corrected chi connectivity index (χ1v) is 8.91. The van der Waals surface area contributed by atoms with Crippen LogP contribution in [0, 0.1) is 0 Å². The number of nitrogens with zero attached hydrogens (tertiary/aromatic N) is 2. The zero-order valence-corrected chi connectivity index (χ0v) is 14.5. The summed E-state index contributed by atoms with van der Waals surface area (Å²) in [4.78, 5) is 30.2. The minimum Gasteiger partial charge on any atom is -0.464 e. The summed E-state index contributed by atoms with van der Waals surface area (Å²) in [7, 11) is 0. The molecule has 0 aliphatic carbocycles. The van der Waals surface area contributed by atoms with Crippen molar-refractivity contribution in [1.29, 1.82) is 0 Å². The predicted octanol–water partition coefficient (Wildman–Crippen LogP) is 3.85. The number of carbonyl (C=O) groups excluding carboxylic acids is 1. The molecule has 0 saturated heterocycles. The second-order valence-electron chi connectivity index (χ2n) is 5.82. The van der Waals surface area contributed by atoms with Crippen molar-refractivity contribution >= 4 is 38.4 Å². The summed E-state index contributed by atoms with van der Waals surface area (Å²) in [6, 6.07) is 12.4. The average Bonchev–Trinajstić information content (AvgIpc) is 3.42. The SMILES string of the molecule is O=C(Nn1cnc2scc(-c3ccco3)c2c1=O)c1cc2ccccc2o1. The van der Waals surface area contributed by atoms with Gasteiger partial charge in [-0.25, -0.2) is 9.66 Å². The molecule has 132 valence electrons. The third kappa shape index (κ3) is 2.54. The van der Waals surface area contributed by atoms with E-state index < -0.39 is 11.5 Å². The Balaban J connectivity index is 1.55. The van der Waals surface area contributed by atoms with Crippen molar-refractivity contribution in [1.82, 2.24) is 9.66 Å². The highest BCUT2D eigenvalue weighted by Crippen LogP contribution is 2.30. The van der Waals surface area contributed by atoms with Crippen LogP contribution in [0.1, 0.15) is 10.6 Å². The first kappa shape index (κ1) is 15.6. The molecule has 0 unspecified atom stereocenters. The first-order chi connectivity index (χ1) is 13.2. The molecular weight excluding hydrogens is 366 g/mol. The Morgan fingerprint density at radius 2 is 2.07 bits per heavy atom. The van der Waals surface area contributed by atoms with E-state index in [2.05, 4.69) is 10.4 Å². The monoisotopic (exact) mass is 377 g/mol. The molecule has 5 rings (SSSR count). The fourth-order valence-corrected chi connectivity index (χ4v) is 3.77. The van der Waals surface area contributed by atoms with Gasteiger partial charge in [-0.1, -0.05) is 18.2 Å². The van der Waals surface area contributed by atoms with Gasteiger partial charge in [0, 0.05) is 16.3 Å². The molecule has 4 aromatic heterocycles. The number of hydrogen-bond donors (Lipinski definition) is 1. The molecule has 0 radical (unpaired) electrons. The van der Waals surface area contributed by atoms with E-state index in [0.29, 0.717) is 27.1 Å². The molecular formula is C19H11N3O4S. The number of para-hydroxylation sites is 1. The molecule has 0 saturated carbocycles. The van der Waals surface area contributed by atoms with E-state index in [-0.39, 0.29) is 5.76 Å². The van der Waals surface area contributed by atoms with Crippen molar-refractivity contribution in [2.75, 3.05) is 5.43 Å². The van der Waals surface area contributed by atoms with Gasteiger partial charge >= 0.3 is 5.91 Å². The number of nitrogens with one attached hydrogen (secondary N) is 1. The topological polar surface area (TPSA) is 90.3 Å². The summed E-state index contributed by atoms with van der Waals surface area (Å²) in [6.45, 7) is 0. The fourth-order valence-electron chi connectivity index (χ4n) is 2.88. The van der Waals surface area contributed by atoms with Crippen LogP contribution in [0.25, 0.3) is 32.5 Å². The van der Waals surface area contributed by atoms with Crippen molar-refractivity contribution < 1.29 is 13.6 Å². The van der Waals surface area contributed by atoms with E-state index in [9.17, 15) is 9.59 Å². The maximum Gasteiger partial charge on any atom is 0.305 e. The van der Waals surface area contributed by atoms with Crippen LogP contribution in [0.15, 0.2) is 74.1 Å². The third-order valence-electron chi connectivity index (χ3n) is 4.15. The van der Waals surface area contributed by atoms with Crippen LogP contribution in [-0.2, 0) is 0 Å². The van der Waals surface area contributed by atoms with Crippen molar-refractivity contribution in [2.24, 2.45) is 0 Å². The van der Waals surface area contributed by atoms with Crippen LogP contribution < -0.4 is 11.0 Å². The summed E-state index contributed by atoms with van der Waals surface area (Å²) in [5.74, 6) is 0.144. The zero-order valence-electron chi connectivity index (χ0n) is 13.7. The minimum absolute atomic E-state index is 0.111. The lowest BCUT2D eigenvalue weighted by atomic mass is 10.2. The maximum absolute atomic E-state index is 12.9. The van der Waals surface area contributed by atoms with E-state index >= 15 is 0 Å². The molecule has 0 aliphatic rings. The third-order valence-corrected chi connectivity index (χ3v) is 5.04. The maximum atomic E-state index is 12.9. The molecule has 1 amide bonds. The number of fused-ring (bicyclic) bond motifs is 2. The lowest BCUT2D eigenvalue weighted by Crippen LogP contribution is -2.33. The molecule has 1 aromatic carbocycles. The predicted molar refractivity (Wildman–Crippen MR) is 101 cm³/mol. The standard InChI is InChI=1S/C19H11N3O4S/c23-17(15-8-11-4-1-2-5-13(11)26-15)21-22-10-20-18-16(19(22)24)12(9-27-18)14-6-3-7-25-14/h1-10H,(H,21,23). The molecule has 27 heavy (non-hydrogen) atoms. The largest absolute Gasteiger partial charge is 0.464 e. The van der Waals surface area contributed by atoms with E-state index in [1.807, 2.05) is 23.6 Å². The van der Waals surface area contributed by atoms with Crippen molar-refractivity contribution in [3.8, 4) is 11.3 Å². The Morgan fingerprint density at radius 1 is 1.19 bits per heavy atom. The van der Waals surface area contributed by atoms with Gasteiger partial charge in [0.05, 0.1) is 11.6 Å². The second-order valence-corrected chi connectivity index (χ2v) is 6.67. The molecule has 7 nitrogen and oxygen atoms in total.